The molecule has 1 N–H and O–H groups in total. The molecule has 0 saturated carbocycles. The van der Waals surface area contributed by atoms with Crippen LogP contribution in [0.15, 0.2) is 48.0 Å². The number of aliphatic hydroxyl groups excluding tert-OH is 1. The maximum atomic E-state index is 13.1. The van der Waals surface area contributed by atoms with E-state index in [1.54, 1.807) is 42.5 Å². The number of carbonyl (C=O) groups is 2. The fraction of sp³-hybridized carbons (Fsp3) is 0.333. The number of likely N-dealkylation sites (tertiary alicyclic amines) is 1. The van der Waals surface area contributed by atoms with Crippen LogP contribution in [0.4, 0.5) is 0 Å². The van der Waals surface area contributed by atoms with Crippen molar-refractivity contribution in [1.29, 1.82) is 0 Å². The fourth-order valence-electron chi connectivity index (χ4n) is 3.81. The summed E-state index contributed by atoms with van der Waals surface area (Å²) in [6.07, 6.45) is 0.657. The summed E-state index contributed by atoms with van der Waals surface area (Å²) in [7, 11) is 6.94. The lowest BCUT2D eigenvalue weighted by Gasteiger charge is -2.27. The molecule has 1 aliphatic heterocycles. The van der Waals surface area contributed by atoms with Gasteiger partial charge in [-0.25, -0.2) is 0 Å². The van der Waals surface area contributed by atoms with Crippen LogP contribution in [0.2, 0.25) is 5.02 Å². The molecule has 2 aromatic rings. The van der Waals surface area contributed by atoms with Gasteiger partial charge in [0.25, 0.3) is 11.7 Å². The van der Waals surface area contributed by atoms with Crippen molar-refractivity contribution in [1.82, 2.24) is 9.80 Å². The van der Waals surface area contributed by atoms with Crippen molar-refractivity contribution < 1.29 is 24.2 Å². The lowest BCUT2D eigenvalue weighted by molar-refractivity contribution is -0.140. The minimum atomic E-state index is -0.821. The second-order valence-electron chi connectivity index (χ2n) is 7.76. The number of aliphatic hydroxyl groups is 1. The van der Waals surface area contributed by atoms with Crippen molar-refractivity contribution in [3.8, 4) is 11.5 Å². The molecule has 3 rings (SSSR count). The van der Waals surface area contributed by atoms with Crippen molar-refractivity contribution in [2.24, 2.45) is 0 Å². The number of hydrogen-bond donors (Lipinski definition) is 1. The largest absolute Gasteiger partial charge is 0.507 e. The minimum Gasteiger partial charge on any atom is -0.507 e. The number of rotatable bonds is 8. The predicted molar refractivity (Wildman–Crippen MR) is 123 cm³/mol. The number of halogens is 1. The Balaban J connectivity index is 2.18. The van der Waals surface area contributed by atoms with Gasteiger partial charge in [0.2, 0.25) is 0 Å². The first-order valence-electron chi connectivity index (χ1n) is 10.2. The lowest BCUT2D eigenvalue weighted by atomic mass is 9.94. The monoisotopic (exact) mass is 458 g/mol. The van der Waals surface area contributed by atoms with E-state index < -0.39 is 17.7 Å². The van der Waals surface area contributed by atoms with E-state index >= 15 is 0 Å². The van der Waals surface area contributed by atoms with Crippen LogP contribution >= 0.6 is 11.6 Å². The summed E-state index contributed by atoms with van der Waals surface area (Å²) < 4.78 is 10.9. The van der Waals surface area contributed by atoms with Crippen LogP contribution in [0.5, 0.6) is 11.5 Å². The second kappa shape index (κ2) is 10.1. The first-order valence-corrected chi connectivity index (χ1v) is 10.6. The van der Waals surface area contributed by atoms with Gasteiger partial charge in [0.05, 0.1) is 25.8 Å². The van der Waals surface area contributed by atoms with Crippen LogP contribution in [-0.4, -0.2) is 68.0 Å². The highest BCUT2D eigenvalue weighted by Crippen LogP contribution is 2.44. The van der Waals surface area contributed by atoms with E-state index in [0.717, 1.165) is 6.54 Å². The van der Waals surface area contributed by atoms with Crippen molar-refractivity contribution >= 4 is 29.1 Å². The van der Waals surface area contributed by atoms with Gasteiger partial charge in [-0.1, -0.05) is 11.6 Å². The zero-order valence-electron chi connectivity index (χ0n) is 18.6. The molecule has 170 valence electrons. The Hall–Kier alpha value is -3.03. The predicted octanol–water partition coefficient (Wildman–Crippen LogP) is 3.73. The third-order valence-corrected chi connectivity index (χ3v) is 5.65. The first kappa shape index (κ1) is 23.6. The molecule has 8 heteroatoms. The van der Waals surface area contributed by atoms with Gasteiger partial charge in [-0.05, 0) is 69.5 Å². The summed E-state index contributed by atoms with van der Waals surface area (Å²) in [6.45, 7) is 1.08. The molecule has 0 aliphatic carbocycles. The Morgan fingerprint density at radius 2 is 1.78 bits per heavy atom. The van der Waals surface area contributed by atoms with Crippen molar-refractivity contribution in [3.05, 3.63) is 64.2 Å². The lowest BCUT2D eigenvalue weighted by Crippen LogP contribution is -2.32. The summed E-state index contributed by atoms with van der Waals surface area (Å²) in [6, 6.07) is 10.8. The highest BCUT2D eigenvalue weighted by molar-refractivity contribution is 6.46. The topological polar surface area (TPSA) is 79.3 Å². The van der Waals surface area contributed by atoms with Gasteiger partial charge in [0, 0.05) is 22.7 Å². The number of hydrogen-bond acceptors (Lipinski definition) is 6. The minimum absolute atomic E-state index is 0.00808. The Labute approximate surface area is 192 Å². The molecule has 32 heavy (non-hydrogen) atoms. The highest BCUT2D eigenvalue weighted by atomic mass is 35.5. The van der Waals surface area contributed by atoms with E-state index in [1.807, 2.05) is 19.0 Å². The van der Waals surface area contributed by atoms with Crippen molar-refractivity contribution in [2.45, 2.75) is 12.5 Å². The van der Waals surface area contributed by atoms with Gasteiger partial charge in [-0.3, -0.25) is 9.59 Å². The molecule has 1 atom stereocenters. The number of ether oxygens (including phenoxy) is 2. The molecular formula is C24H27ClN2O5. The van der Waals surface area contributed by atoms with Gasteiger partial charge < -0.3 is 24.4 Å². The van der Waals surface area contributed by atoms with E-state index in [1.165, 1.54) is 19.1 Å². The van der Waals surface area contributed by atoms with Gasteiger partial charge in [0.1, 0.15) is 17.3 Å². The molecule has 0 bridgehead atoms. The standard InChI is InChI=1S/C24H27ClN2O5/c1-26(2)12-5-13-27-21(18-14-17(31-3)10-11-19(18)32-4)20(23(29)24(27)30)22(28)15-6-8-16(25)9-7-15/h6-11,14,21,28H,5,12-13H2,1-4H3/t21-/m0/s1. The summed E-state index contributed by atoms with van der Waals surface area (Å²) in [5, 5.41) is 11.6. The third-order valence-electron chi connectivity index (χ3n) is 5.39. The zero-order valence-corrected chi connectivity index (χ0v) is 19.3. The quantitative estimate of drug-likeness (QED) is 0.369. The smallest absolute Gasteiger partial charge is 0.295 e. The number of Topliss-reactive ketones (excluding diaryl/α,β-unsaturated/α-hetero) is 1. The van der Waals surface area contributed by atoms with E-state index in [4.69, 9.17) is 21.1 Å². The summed E-state index contributed by atoms with van der Waals surface area (Å²) in [4.78, 5) is 29.7. The average Bonchev–Trinajstić information content (AvgIpc) is 3.03. The van der Waals surface area contributed by atoms with E-state index in [2.05, 4.69) is 0 Å². The molecular weight excluding hydrogens is 432 g/mol. The Bertz CT molecular complexity index is 1030. The molecule has 0 radical (unpaired) electrons. The van der Waals surface area contributed by atoms with Crippen LogP contribution in [0.25, 0.3) is 5.76 Å². The van der Waals surface area contributed by atoms with Crippen LogP contribution in [-0.2, 0) is 9.59 Å². The molecule has 1 aliphatic rings. The molecule has 1 saturated heterocycles. The van der Waals surface area contributed by atoms with Gasteiger partial charge >= 0.3 is 0 Å². The van der Waals surface area contributed by atoms with E-state index in [0.29, 0.717) is 40.6 Å². The molecule has 1 amide bonds. The molecule has 7 nitrogen and oxygen atoms in total. The number of methoxy groups -OCH3 is 2. The maximum absolute atomic E-state index is 13.1. The van der Waals surface area contributed by atoms with Crippen LogP contribution in [0.1, 0.15) is 23.6 Å². The summed E-state index contributed by atoms with van der Waals surface area (Å²) in [5.74, 6) is -0.625. The molecule has 2 aromatic carbocycles. The third kappa shape index (κ3) is 4.74. The average molecular weight is 459 g/mol. The Morgan fingerprint density at radius 1 is 1.09 bits per heavy atom. The SMILES string of the molecule is COc1ccc(OC)c([C@H]2C(=C(O)c3ccc(Cl)cc3)C(=O)C(=O)N2CCCN(C)C)c1. The highest BCUT2D eigenvalue weighted by Gasteiger charge is 2.47. The summed E-state index contributed by atoms with van der Waals surface area (Å²) in [5.41, 5.74) is 0.965. The van der Waals surface area contributed by atoms with Crippen molar-refractivity contribution in [3.63, 3.8) is 0 Å². The van der Waals surface area contributed by atoms with Crippen LogP contribution in [0, 0.1) is 0 Å². The van der Waals surface area contributed by atoms with Crippen LogP contribution < -0.4 is 9.47 Å². The molecule has 0 aromatic heterocycles. The first-order chi connectivity index (χ1) is 15.3. The molecule has 1 fully saturated rings. The van der Waals surface area contributed by atoms with Gasteiger partial charge in [-0.15, -0.1) is 0 Å². The van der Waals surface area contributed by atoms with E-state index in [-0.39, 0.29) is 11.3 Å². The number of carbonyl (C=O) groups excluding carboxylic acids is 2. The number of nitrogens with zero attached hydrogens (tertiary/aromatic N) is 2. The second-order valence-corrected chi connectivity index (χ2v) is 8.20. The van der Waals surface area contributed by atoms with Crippen LogP contribution in [0.3, 0.4) is 0 Å². The number of amides is 1. The Morgan fingerprint density at radius 3 is 2.38 bits per heavy atom. The van der Waals surface area contributed by atoms with Crippen molar-refractivity contribution in [2.75, 3.05) is 41.4 Å². The molecule has 1 heterocycles. The van der Waals surface area contributed by atoms with E-state index in [9.17, 15) is 14.7 Å². The Kier molecular flexibility index (Phi) is 7.43. The summed E-state index contributed by atoms with van der Waals surface area (Å²) >= 11 is 5.97. The molecule has 0 unspecified atom stereocenters. The van der Waals surface area contributed by atoms with Gasteiger partial charge in [0.15, 0.2) is 0 Å². The fourth-order valence-corrected chi connectivity index (χ4v) is 3.93. The molecule has 0 spiro atoms. The maximum Gasteiger partial charge on any atom is 0.295 e. The number of benzene rings is 2. The number of ketones is 1. The normalized spacial score (nSPS) is 17.8. The van der Waals surface area contributed by atoms with Gasteiger partial charge in [-0.2, -0.15) is 0 Å². The zero-order chi connectivity index (χ0) is 23.4.